The van der Waals surface area contributed by atoms with Crippen LogP contribution < -0.4 is 15.4 Å². The molecule has 0 aliphatic carbocycles. The minimum absolute atomic E-state index is 0.0606. The van der Waals surface area contributed by atoms with Gasteiger partial charge in [-0.2, -0.15) is 9.97 Å². The van der Waals surface area contributed by atoms with E-state index in [1.165, 1.54) is 6.33 Å². The minimum Gasteiger partial charge on any atom is -0.497 e. The number of nitrogens with zero attached hydrogens (tertiary/aromatic N) is 4. The number of carbonyl (C=O) groups is 1. The third-order valence-electron chi connectivity index (χ3n) is 4.33. The van der Waals surface area contributed by atoms with Gasteiger partial charge in [0.1, 0.15) is 11.3 Å². The predicted molar refractivity (Wildman–Crippen MR) is 107 cm³/mol. The summed E-state index contributed by atoms with van der Waals surface area (Å²) in [5, 5.41) is 7.01. The van der Waals surface area contributed by atoms with Gasteiger partial charge in [-0.3, -0.25) is 4.79 Å². The van der Waals surface area contributed by atoms with Crippen molar-refractivity contribution in [1.29, 1.82) is 0 Å². The second kappa shape index (κ2) is 7.73. The van der Waals surface area contributed by atoms with Crippen LogP contribution in [0.2, 0.25) is 5.28 Å². The number of H-pyrrole nitrogens is 1. The lowest BCUT2D eigenvalue weighted by Gasteiger charge is -2.09. The number of aromatic nitrogens is 5. The van der Waals surface area contributed by atoms with Crippen LogP contribution in [0.5, 0.6) is 5.75 Å². The van der Waals surface area contributed by atoms with Gasteiger partial charge in [-0.15, -0.1) is 0 Å². The molecule has 144 valence electrons. The van der Waals surface area contributed by atoms with Crippen molar-refractivity contribution in [2.24, 2.45) is 0 Å². The first-order chi connectivity index (χ1) is 13.6. The molecule has 1 aromatic carbocycles. The number of fused-ring (bicyclic) bond motifs is 2. The number of benzene rings is 1. The summed E-state index contributed by atoms with van der Waals surface area (Å²) in [5.41, 5.74) is 2.14. The van der Waals surface area contributed by atoms with Crippen molar-refractivity contribution >= 4 is 45.4 Å². The number of carbonyl (C=O) groups excluding carboxylic acids is 1. The Bertz CT molecular complexity index is 1140. The number of hydrogen-bond donors (Lipinski definition) is 3. The van der Waals surface area contributed by atoms with Crippen LogP contribution in [0.3, 0.4) is 0 Å². The molecule has 3 aromatic heterocycles. The van der Waals surface area contributed by atoms with Crippen molar-refractivity contribution in [2.45, 2.75) is 6.54 Å². The molecule has 4 rings (SSSR count). The lowest BCUT2D eigenvalue weighted by atomic mass is 10.2. The summed E-state index contributed by atoms with van der Waals surface area (Å²) in [7, 11) is 1.65. The number of rotatable bonds is 7. The van der Waals surface area contributed by atoms with E-state index in [-0.39, 0.29) is 17.7 Å². The van der Waals surface area contributed by atoms with Crippen LogP contribution in [0.4, 0.5) is 5.82 Å². The van der Waals surface area contributed by atoms with Gasteiger partial charge >= 0.3 is 0 Å². The highest BCUT2D eigenvalue weighted by Crippen LogP contribution is 2.21. The van der Waals surface area contributed by atoms with Crippen LogP contribution in [-0.4, -0.2) is 50.6 Å². The van der Waals surface area contributed by atoms with E-state index >= 15 is 0 Å². The Balaban J connectivity index is 1.32. The first kappa shape index (κ1) is 18.1. The van der Waals surface area contributed by atoms with E-state index in [1.807, 2.05) is 30.5 Å². The first-order valence-electron chi connectivity index (χ1n) is 8.64. The van der Waals surface area contributed by atoms with Crippen LogP contribution in [0, 0.1) is 0 Å². The molecule has 28 heavy (non-hydrogen) atoms. The second-order valence-corrected chi connectivity index (χ2v) is 6.42. The molecule has 0 aliphatic heterocycles. The lowest BCUT2D eigenvalue weighted by molar-refractivity contribution is -0.119. The highest BCUT2D eigenvalue weighted by atomic mass is 35.5. The summed E-state index contributed by atoms with van der Waals surface area (Å²) in [5.74, 6) is 1.11. The molecule has 0 saturated heterocycles. The fourth-order valence-electron chi connectivity index (χ4n) is 2.98. The van der Waals surface area contributed by atoms with Gasteiger partial charge in [-0.1, -0.05) is 0 Å². The smallest absolute Gasteiger partial charge is 0.239 e. The number of hydrogen-bond acceptors (Lipinski definition) is 6. The largest absolute Gasteiger partial charge is 0.497 e. The van der Waals surface area contributed by atoms with E-state index in [1.54, 1.807) is 7.11 Å². The van der Waals surface area contributed by atoms with E-state index in [0.717, 1.165) is 16.7 Å². The molecule has 9 nitrogen and oxygen atoms in total. The van der Waals surface area contributed by atoms with Gasteiger partial charge < -0.3 is 24.9 Å². The number of amides is 1. The normalized spacial score (nSPS) is 11.1. The Hall–Kier alpha value is -3.33. The van der Waals surface area contributed by atoms with Crippen molar-refractivity contribution in [3.8, 4) is 5.75 Å². The first-order valence-corrected chi connectivity index (χ1v) is 9.02. The predicted octanol–water partition coefficient (Wildman–Crippen LogP) is 2.20. The Morgan fingerprint density at radius 1 is 1.32 bits per heavy atom. The molecule has 0 unspecified atom stereocenters. The van der Waals surface area contributed by atoms with Gasteiger partial charge in [-0.05, 0) is 35.9 Å². The van der Waals surface area contributed by atoms with Crippen molar-refractivity contribution < 1.29 is 9.53 Å². The maximum Gasteiger partial charge on any atom is 0.239 e. The molecule has 3 N–H and O–H groups in total. The SMILES string of the molecule is COc1ccc2c(ccn2CCNC(=O)CNc2nc(Cl)nc3nc[nH]c23)c1. The van der Waals surface area contributed by atoms with Crippen LogP contribution in [0.25, 0.3) is 22.1 Å². The summed E-state index contributed by atoms with van der Waals surface area (Å²) in [6.45, 7) is 1.22. The third-order valence-corrected chi connectivity index (χ3v) is 4.50. The molecule has 3 heterocycles. The topological polar surface area (TPSA) is 110 Å². The highest BCUT2D eigenvalue weighted by Gasteiger charge is 2.10. The summed E-state index contributed by atoms with van der Waals surface area (Å²) in [6, 6.07) is 7.93. The van der Waals surface area contributed by atoms with Crippen molar-refractivity contribution in [1.82, 2.24) is 29.8 Å². The van der Waals surface area contributed by atoms with Gasteiger partial charge in [0.05, 0.1) is 20.0 Å². The van der Waals surface area contributed by atoms with Crippen LogP contribution in [0.1, 0.15) is 0 Å². The zero-order valence-electron chi connectivity index (χ0n) is 15.1. The lowest BCUT2D eigenvalue weighted by Crippen LogP contribution is -2.32. The summed E-state index contributed by atoms with van der Waals surface area (Å²) in [6.07, 6.45) is 3.49. The number of methoxy groups -OCH3 is 1. The van der Waals surface area contributed by atoms with Crippen molar-refractivity contribution in [3.05, 3.63) is 42.1 Å². The Labute approximate surface area is 165 Å². The van der Waals surface area contributed by atoms with Crippen LogP contribution in [-0.2, 0) is 11.3 Å². The molecule has 1 amide bonds. The number of imidazole rings is 1. The third kappa shape index (κ3) is 3.70. The number of anilines is 1. The molecule has 0 atom stereocenters. The number of halogens is 1. The Kier molecular flexibility index (Phi) is 4.98. The van der Waals surface area contributed by atoms with Crippen LogP contribution >= 0.6 is 11.6 Å². The maximum atomic E-state index is 12.1. The molecule has 4 aromatic rings. The minimum atomic E-state index is -0.152. The fraction of sp³-hybridized carbons (Fsp3) is 0.222. The molecule has 10 heteroatoms. The van der Waals surface area contributed by atoms with E-state index in [9.17, 15) is 4.79 Å². The molecule has 0 spiro atoms. The molecule has 0 saturated carbocycles. The second-order valence-electron chi connectivity index (χ2n) is 6.08. The van der Waals surface area contributed by atoms with E-state index in [2.05, 4.69) is 35.1 Å². The highest BCUT2D eigenvalue weighted by molar-refractivity contribution is 6.28. The van der Waals surface area contributed by atoms with Gasteiger partial charge in [0.2, 0.25) is 11.2 Å². The molecule has 0 fully saturated rings. The summed E-state index contributed by atoms with van der Waals surface area (Å²) in [4.78, 5) is 27.2. The monoisotopic (exact) mass is 399 g/mol. The van der Waals surface area contributed by atoms with Gasteiger partial charge in [0.25, 0.3) is 0 Å². The van der Waals surface area contributed by atoms with E-state index < -0.39 is 0 Å². The number of ether oxygens (including phenoxy) is 1. The summed E-state index contributed by atoms with van der Waals surface area (Å²) < 4.78 is 7.32. The number of aromatic amines is 1. The maximum absolute atomic E-state index is 12.1. The average Bonchev–Trinajstić information content (AvgIpc) is 3.32. The molecule has 0 aliphatic rings. The molecular weight excluding hydrogens is 382 g/mol. The standard InChI is InChI=1S/C18H18ClN7O2/c1-28-12-2-3-13-11(8-12)4-6-26(13)7-5-20-14(27)9-21-16-15-17(23-10-22-15)25-18(19)24-16/h2-4,6,8,10H,5,7,9H2,1H3,(H,20,27)(H2,21,22,23,24,25). The van der Waals surface area contributed by atoms with Crippen molar-refractivity contribution in [2.75, 3.05) is 25.5 Å². The fourth-order valence-corrected chi connectivity index (χ4v) is 3.14. The van der Waals surface area contributed by atoms with E-state index in [0.29, 0.717) is 30.1 Å². The van der Waals surface area contributed by atoms with E-state index in [4.69, 9.17) is 16.3 Å². The van der Waals surface area contributed by atoms with Crippen LogP contribution in [0.15, 0.2) is 36.8 Å². The average molecular weight is 400 g/mol. The Morgan fingerprint density at radius 2 is 2.21 bits per heavy atom. The van der Waals surface area contributed by atoms with Gasteiger partial charge in [0.15, 0.2) is 11.5 Å². The molecule has 0 radical (unpaired) electrons. The van der Waals surface area contributed by atoms with Gasteiger partial charge in [-0.25, -0.2) is 4.98 Å². The zero-order chi connectivity index (χ0) is 19.5. The number of nitrogens with one attached hydrogen (secondary N) is 3. The quantitative estimate of drug-likeness (QED) is 0.411. The van der Waals surface area contributed by atoms with Gasteiger partial charge in [0, 0.05) is 30.2 Å². The molecule has 0 bridgehead atoms. The molecular formula is C18H18ClN7O2. The summed E-state index contributed by atoms with van der Waals surface area (Å²) >= 11 is 5.88. The Morgan fingerprint density at radius 3 is 3.07 bits per heavy atom. The zero-order valence-corrected chi connectivity index (χ0v) is 15.8. The van der Waals surface area contributed by atoms with Crippen molar-refractivity contribution in [3.63, 3.8) is 0 Å².